The van der Waals surface area contributed by atoms with E-state index in [0.29, 0.717) is 0 Å². The van der Waals surface area contributed by atoms with Crippen LogP contribution in [0.15, 0.2) is 70.3 Å². The van der Waals surface area contributed by atoms with Gasteiger partial charge in [0.25, 0.3) is 11.2 Å². The number of non-ortho nitro benzene ring substituents is 1. The molecule has 8 nitrogen and oxygen atoms in total. The first-order valence-corrected chi connectivity index (χ1v) is 7.38. The van der Waals surface area contributed by atoms with Gasteiger partial charge in [-0.2, -0.15) is 0 Å². The Bertz CT molecular complexity index is 1050. The van der Waals surface area contributed by atoms with Crippen molar-refractivity contribution in [2.45, 2.75) is 6.54 Å². The Morgan fingerprint density at radius 1 is 1.00 bits per heavy atom. The van der Waals surface area contributed by atoms with Crippen LogP contribution in [0.25, 0.3) is 5.69 Å². The van der Waals surface area contributed by atoms with Gasteiger partial charge < -0.3 is 5.73 Å². The third kappa shape index (κ3) is 3.18. The van der Waals surface area contributed by atoms with Gasteiger partial charge in [0.15, 0.2) is 0 Å². The maximum atomic E-state index is 12.8. The summed E-state index contributed by atoms with van der Waals surface area (Å²) in [6, 6.07) is 15.7. The van der Waals surface area contributed by atoms with E-state index in [2.05, 4.69) is 0 Å². The normalized spacial score (nSPS) is 10.6. The summed E-state index contributed by atoms with van der Waals surface area (Å²) in [7, 11) is 0. The number of nitrogen functional groups attached to an aromatic ring is 1. The third-order valence-electron chi connectivity index (χ3n) is 3.70. The maximum Gasteiger partial charge on any atom is 0.337 e. The monoisotopic (exact) mass is 338 g/mol. The summed E-state index contributed by atoms with van der Waals surface area (Å²) in [5, 5.41) is 10.9. The lowest BCUT2D eigenvalue weighted by atomic mass is 10.2. The fraction of sp³-hybridized carbons (Fsp3) is 0.0588. The second-order valence-corrected chi connectivity index (χ2v) is 5.37. The van der Waals surface area contributed by atoms with Crippen LogP contribution in [0.5, 0.6) is 0 Å². The van der Waals surface area contributed by atoms with Crippen molar-refractivity contribution in [2.75, 3.05) is 5.73 Å². The number of aromatic nitrogens is 2. The zero-order chi connectivity index (χ0) is 18.0. The predicted molar refractivity (Wildman–Crippen MR) is 92.9 cm³/mol. The number of nitro groups is 1. The highest BCUT2D eigenvalue weighted by Crippen LogP contribution is 2.17. The number of nitrogens with zero attached hydrogens (tertiary/aromatic N) is 3. The summed E-state index contributed by atoms with van der Waals surface area (Å²) >= 11 is 0. The standard InChI is InChI=1S/C17H14N4O4/c18-15-10-16(22)19(11-12-5-2-1-3-6-12)17(23)20(15)13-7-4-8-14(9-13)21(24)25/h1-10H,11,18H2. The van der Waals surface area contributed by atoms with Crippen LogP contribution in [0.1, 0.15) is 5.56 Å². The van der Waals surface area contributed by atoms with E-state index < -0.39 is 16.2 Å². The summed E-state index contributed by atoms with van der Waals surface area (Å²) in [6.07, 6.45) is 0. The highest BCUT2D eigenvalue weighted by Gasteiger charge is 2.14. The highest BCUT2D eigenvalue weighted by molar-refractivity contribution is 5.47. The molecule has 25 heavy (non-hydrogen) atoms. The lowest BCUT2D eigenvalue weighted by Gasteiger charge is -2.13. The molecule has 0 unspecified atom stereocenters. The van der Waals surface area contributed by atoms with Crippen molar-refractivity contribution in [1.82, 2.24) is 9.13 Å². The van der Waals surface area contributed by atoms with E-state index in [4.69, 9.17) is 5.73 Å². The first-order valence-electron chi connectivity index (χ1n) is 7.38. The fourth-order valence-corrected chi connectivity index (χ4v) is 2.51. The predicted octanol–water partition coefficient (Wildman–Crippen LogP) is 1.54. The number of benzene rings is 2. The molecule has 2 aromatic carbocycles. The van der Waals surface area contributed by atoms with Crippen LogP contribution in [0.3, 0.4) is 0 Å². The topological polar surface area (TPSA) is 113 Å². The lowest BCUT2D eigenvalue weighted by Crippen LogP contribution is -2.40. The highest BCUT2D eigenvalue weighted by atomic mass is 16.6. The van der Waals surface area contributed by atoms with E-state index in [1.165, 1.54) is 24.3 Å². The summed E-state index contributed by atoms with van der Waals surface area (Å²) in [4.78, 5) is 35.3. The minimum atomic E-state index is -0.658. The van der Waals surface area contributed by atoms with Crippen molar-refractivity contribution in [3.8, 4) is 5.69 Å². The Kier molecular flexibility index (Phi) is 4.17. The lowest BCUT2D eigenvalue weighted by molar-refractivity contribution is -0.384. The summed E-state index contributed by atoms with van der Waals surface area (Å²) in [5.41, 5.74) is 5.45. The van der Waals surface area contributed by atoms with Crippen LogP contribution in [0, 0.1) is 10.1 Å². The quantitative estimate of drug-likeness (QED) is 0.572. The number of hydrogen-bond acceptors (Lipinski definition) is 5. The van der Waals surface area contributed by atoms with Crippen LogP contribution in [0.2, 0.25) is 0 Å². The van der Waals surface area contributed by atoms with Gasteiger partial charge in [0.2, 0.25) is 0 Å². The first kappa shape index (κ1) is 16.2. The van der Waals surface area contributed by atoms with E-state index in [0.717, 1.165) is 20.8 Å². The number of anilines is 1. The molecule has 0 spiro atoms. The van der Waals surface area contributed by atoms with Crippen molar-refractivity contribution in [3.05, 3.63) is 97.2 Å². The zero-order valence-corrected chi connectivity index (χ0v) is 13.0. The van der Waals surface area contributed by atoms with Gasteiger partial charge in [0.1, 0.15) is 5.82 Å². The molecule has 3 aromatic rings. The van der Waals surface area contributed by atoms with E-state index >= 15 is 0 Å². The van der Waals surface area contributed by atoms with Crippen molar-refractivity contribution in [2.24, 2.45) is 0 Å². The van der Waals surface area contributed by atoms with Gasteiger partial charge in [-0.05, 0) is 11.6 Å². The molecule has 1 heterocycles. The van der Waals surface area contributed by atoms with Crippen LogP contribution in [-0.4, -0.2) is 14.1 Å². The SMILES string of the molecule is Nc1cc(=O)n(Cc2ccccc2)c(=O)n1-c1cccc([N+](=O)[O-])c1. The third-order valence-corrected chi connectivity index (χ3v) is 3.70. The average Bonchev–Trinajstić information content (AvgIpc) is 2.59. The minimum Gasteiger partial charge on any atom is -0.385 e. The molecular weight excluding hydrogens is 324 g/mol. The van der Waals surface area contributed by atoms with Gasteiger partial charge >= 0.3 is 5.69 Å². The second kappa shape index (κ2) is 6.44. The Morgan fingerprint density at radius 2 is 1.72 bits per heavy atom. The summed E-state index contributed by atoms with van der Waals surface area (Å²) < 4.78 is 2.11. The molecule has 0 saturated carbocycles. The molecule has 0 bridgehead atoms. The number of nitrogens with two attached hydrogens (primary N) is 1. The van der Waals surface area contributed by atoms with Crippen molar-refractivity contribution in [1.29, 1.82) is 0 Å². The molecule has 0 radical (unpaired) electrons. The van der Waals surface area contributed by atoms with Gasteiger partial charge in [-0.15, -0.1) is 0 Å². The van der Waals surface area contributed by atoms with Gasteiger partial charge in [-0.1, -0.05) is 36.4 Å². The molecule has 0 aliphatic heterocycles. The van der Waals surface area contributed by atoms with E-state index in [9.17, 15) is 19.7 Å². The van der Waals surface area contributed by atoms with Crippen molar-refractivity contribution < 1.29 is 4.92 Å². The second-order valence-electron chi connectivity index (χ2n) is 5.37. The largest absolute Gasteiger partial charge is 0.385 e. The zero-order valence-electron chi connectivity index (χ0n) is 13.0. The maximum absolute atomic E-state index is 12.8. The molecule has 0 aliphatic rings. The molecule has 0 fully saturated rings. The van der Waals surface area contributed by atoms with Gasteiger partial charge in [0, 0.05) is 18.2 Å². The Balaban J connectivity index is 2.17. The molecule has 1 aromatic heterocycles. The molecule has 0 aliphatic carbocycles. The smallest absolute Gasteiger partial charge is 0.337 e. The van der Waals surface area contributed by atoms with Crippen LogP contribution < -0.4 is 17.0 Å². The van der Waals surface area contributed by atoms with Gasteiger partial charge in [-0.3, -0.25) is 19.5 Å². The molecule has 0 atom stereocenters. The summed E-state index contributed by atoms with van der Waals surface area (Å²) in [6.45, 7) is 0.0771. The van der Waals surface area contributed by atoms with E-state index in [1.807, 2.05) is 6.07 Å². The van der Waals surface area contributed by atoms with Gasteiger partial charge in [-0.25, -0.2) is 9.36 Å². The van der Waals surface area contributed by atoms with Crippen LogP contribution >= 0.6 is 0 Å². The molecule has 8 heteroatoms. The Morgan fingerprint density at radius 3 is 2.40 bits per heavy atom. The van der Waals surface area contributed by atoms with Crippen LogP contribution in [-0.2, 0) is 6.54 Å². The average molecular weight is 338 g/mol. The molecule has 2 N–H and O–H groups in total. The number of hydrogen-bond donors (Lipinski definition) is 1. The molecule has 0 saturated heterocycles. The van der Waals surface area contributed by atoms with Crippen molar-refractivity contribution in [3.63, 3.8) is 0 Å². The molecule has 3 rings (SSSR count). The fourth-order valence-electron chi connectivity index (χ4n) is 2.51. The Hall–Kier alpha value is -3.68. The first-order chi connectivity index (χ1) is 12.0. The molecular formula is C17H14N4O4. The minimum absolute atomic E-state index is 0.0771. The molecule has 126 valence electrons. The number of nitro benzene ring substituents is 1. The van der Waals surface area contributed by atoms with E-state index in [-0.39, 0.29) is 23.7 Å². The van der Waals surface area contributed by atoms with E-state index in [1.54, 1.807) is 24.3 Å². The number of rotatable bonds is 4. The summed E-state index contributed by atoms with van der Waals surface area (Å²) in [5.74, 6) is -0.0835. The Labute approximate surface area is 141 Å². The van der Waals surface area contributed by atoms with Gasteiger partial charge in [0.05, 0.1) is 17.2 Å². The molecule has 0 amide bonds. The van der Waals surface area contributed by atoms with Crippen molar-refractivity contribution >= 4 is 11.5 Å². The van der Waals surface area contributed by atoms with Crippen LogP contribution in [0.4, 0.5) is 11.5 Å².